The smallest absolute Gasteiger partial charge is 0.333 e. The van der Waals surface area contributed by atoms with Crippen LogP contribution < -0.4 is 15.4 Å². The van der Waals surface area contributed by atoms with E-state index in [9.17, 15) is 10.1 Å². The average Bonchev–Trinajstić information content (AvgIpc) is 2.40. The molecule has 1 aliphatic rings. The van der Waals surface area contributed by atoms with E-state index in [1.165, 1.54) is 0 Å². The molecule has 0 aliphatic carbocycles. The summed E-state index contributed by atoms with van der Waals surface area (Å²) in [6.07, 6.45) is 1.97. The normalized spacial score (nSPS) is 22.1. The Bertz CT molecular complexity index is 505. The van der Waals surface area contributed by atoms with Crippen LogP contribution in [0.15, 0.2) is 18.2 Å². The van der Waals surface area contributed by atoms with Gasteiger partial charge in [-0.05, 0) is 52.3 Å². The van der Waals surface area contributed by atoms with Gasteiger partial charge in [-0.25, -0.2) is 0 Å². The number of ether oxygens (including phenoxy) is 1. The van der Waals surface area contributed by atoms with E-state index in [1.807, 2.05) is 13.8 Å². The third-order valence-corrected chi connectivity index (χ3v) is 3.65. The van der Waals surface area contributed by atoms with Crippen LogP contribution in [-0.4, -0.2) is 29.7 Å². The van der Waals surface area contributed by atoms with Crippen molar-refractivity contribution in [2.75, 3.05) is 11.9 Å². The molecule has 1 heterocycles. The fourth-order valence-electron chi connectivity index (χ4n) is 2.62. The first kappa shape index (κ1) is 15.6. The molecule has 2 rings (SSSR count). The van der Waals surface area contributed by atoms with Gasteiger partial charge in [0, 0.05) is 12.1 Å². The van der Waals surface area contributed by atoms with E-state index >= 15 is 0 Å². The van der Waals surface area contributed by atoms with Crippen molar-refractivity contribution < 1.29 is 9.66 Å². The number of hydrogen-bond acceptors (Lipinski definition) is 5. The fraction of sp³-hybridized carbons (Fsp3) is 0.600. The number of nitro benzene ring substituents is 1. The minimum Gasteiger partial charge on any atom is -0.484 e. The summed E-state index contributed by atoms with van der Waals surface area (Å²) in [7, 11) is 0. The molecule has 2 atom stereocenters. The van der Waals surface area contributed by atoms with E-state index in [4.69, 9.17) is 4.74 Å². The highest BCUT2D eigenvalue weighted by Gasteiger charge is 2.26. The third-order valence-electron chi connectivity index (χ3n) is 3.65. The number of rotatable bonds is 5. The van der Waals surface area contributed by atoms with Crippen LogP contribution in [0.2, 0.25) is 0 Å². The SMILES string of the molecule is CC(C)Oc1cccc(NC2CCCNC2C)c1[N+](=O)[O-]. The number of hydrogen-bond donors (Lipinski definition) is 2. The highest BCUT2D eigenvalue weighted by atomic mass is 16.6. The summed E-state index contributed by atoms with van der Waals surface area (Å²) in [5.74, 6) is 0.316. The second-order valence-electron chi connectivity index (χ2n) is 5.71. The molecule has 0 saturated carbocycles. The Morgan fingerprint density at radius 2 is 2.24 bits per heavy atom. The second kappa shape index (κ2) is 6.76. The van der Waals surface area contributed by atoms with Gasteiger partial charge in [-0.2, -0.15) is 0 Å². The number of anilines is 1. The number of nitrogens with zero attached hydrogens (tertiary/aromatic N) is 1. The Hall–Kier alpha value is -1.82. The molecule has 21 heavy (non-hydrogen) atoms. The van der Waals surface area contributed by atoms with Crippen molar-refractivity contribution in [1.29, 1.82) is 0 Å². The van der Waals surface area contributed by atoms with Crippen LogP contribution in [-0.2, 0) is 0 Å². The molecule has 0 spiro atoms. The zero-order valence-electron chi connectivity index (χ0n) is 12.8. The van der Waals surface area contributed by atoms with E-state index in [-0.39, 0.29) is 28.8 Å². The van der Waals surface area contributed by atoms with Crippen LogP contribution >= 0.6 is 0 Å². The number of para-hydroxylation sites is 1. The van der Waals surface area contributed by atoms with Crippen LogP contribution in [0.5, 0.6) is 5.75 Å². The first-order valence-corrected chi connectivity index (χ1v) is 7.43. The number of nitro groups is 1. The molecule has 1 aliphatic heterocycles. The summed E-state index contributed by atoms with van der Waals surface area (Å²) < 4.78 is 5.57. The van der Waals surface area contributed by atoms with Crippen LogP contribution in [0.25, 0.3) is 0 Å². The summed E-state index contributed by atoms with van der Waals surface area (Å²) in [6, 6.07) is 5.65. The molecular formula is C15H23N3O3. The topological polar surface area (TPSA) is 76.4 Å². The molecule has 0 aromatic heterocycles. The molecule has 1 saturated heterocycles. The van der Waals surface area contributed by atoms with Gasteiger partial charge in [0.25, 0.3) is 0 Å². The Morgan fingerprint density at radius 3 is 2.86 bits per heavy atom. The minimum absolute atomic E-state index is 0.0176. The zero-order chi connectivity index (χ0) is 15.4. The molecular weight excluding hydrogens is 270 g/mol. The molecule has 6 nitrogen and oxygen atoms in total. The molecule has 1 aromatic carbocycles. The van der Waals surface area contributed by atoms with E-state index in [0.29, 0.717) is 11.4 Å². The summed E-state index contributed by atoms with van der Waals surface area (Å²) >= 11 is 0. The molecule has 2 unspecified atom stereocenters. The molecule has 2 N–H and O–H groups in total. The average molecular weight is 293 g/mol. The van der Waals surface area contributed by atoms with Gasteiger partial charge in [0.1, 0.15) is 5.69 Å². The lowest BCUT2D eigenvalue weighted by molar-refractivity contribution is -0.385. The Balaban J connectivity index is 2.27. The highest BCUT2D eigenvalue weighted by Crippen LogP contribution is 2.36. The summed E-state index contributed by atoms with van der Waals surface area (Å²) in [6.45, 7) is 6.81. The maximum absolute atomic E-state index is 11.4. The van der Waals surface area contributed by atoms with Gasteiger partial charge in [0.2, 0.25) is 0 Å². The van der Waals surface area contributed by atoms with Crippen molar-refractivity contribution in [2.45, 2.75) is 51.8 Å². The quantitative estimate of drug-likeness (QED) is 0.645. The first-order chi connectivity index (χ1) is 9.99. The van der Waals surface area contributed by atoms with Crippen LogP contribution in [0.3, 0.4) is 0 Å². The molecule has 1 fully saturated rings. The van der Waals surface area contributed by atoms with Gasteiger partial charge in [-0.3, -0.25) is 10.1 Å². The Labute approximate surface area is 125 Å². The van der Waals surface area contributed by atoms with E-state index in [1.54, 1.807) is 18.2 Å². The summed E-state index contributed by atoms with van der Waals surface area (Å²) in [5.41, 5.74) is 0.544. The van der Waals surface area contributed by atoms with E-state index in [2.05, 4.69) is 17.6 Å². The van der Waals surface area contributed by atoms with Crippen molar-refractivity contribution in [3.63, 3.8) is 0 Å². The molecule has 0 amide bonds. The summed E-state index contributed by atoms with van der Waals surface area (Å²) in [4.78, 5) is 11.0. The van der Waals surface area contributed by atoms with Gasteiger partial charge in [0.05, 0.1) is 11.0 Å². The lowest BCUT2D eigenvalue weighted by atomic mass is 9.99. The maximum atomic E-state index is 11.4. The predicted octanol–water partition coefficient (Wildman–Crippen LogP) is 2.93. The largest absolute Gasteiger partial charge is 0.484 e. The number of piperidine rings is 1. The van der Waals surface area contributed by atoms with Crippen molar-refractivity contribution in [3.8, 4) is 5.75 Å². The van der Waals surface area contributed by atoms with Crippen molar-refractivity contribution in [2.24, 2.45) is 0 Å². The minimum atomic E-state index is -0.374. The predicted molar refractivity (Wildman–Crippen MR) is 83.0 cm³/mol. The monoisotopic (exact) mass is 293 g/mol. The molecule has 116 valence electrons. The van der Waals surface area contributed by atoms with Gasteiger partial charge in [0.15, 0.2) is 5.75 Å². The number of nitrogens with one attached hydrogen (secondary N) is 2. The molecule has 6 heteroatoms. The molecule has 0 radical (unpaired) electrons. The maximum Gasteiger partial charge on any atom is 0.333 e. The highest BCUT2D eigenvalue weighted by molar-refractivity contribution is 5.69. The van der Waals surface area contributed by atoms with Crippen molar-refractivity contribution >= 4 is 11.4 Å². The zero-order valence-corrected chi connectivity index (χ0v) is 12.8. The van der Waals surface area contributed by atoms with E-state index in [0.717, 1.165) is 19.4 Å². The molecule has 0 bridgehead atoms. The Kier molecular flexibility index (Phi) is 5.01. The van der Waals surface area contributed by atoms with Crippen LogP contribution in [0.1, 0.15) is 33.6 Å². The standard InChI is InChI=1S/C15H23N3O3/c1-10(2)21-14-8-4-6-13(15(14)18(19)20)17-12-7-5-9-16-11(12)3/h4,6,8,10-12,16-17H,5,7,9H2,1-3H3. The van der Waals surface area contributed by atoms with Gasteiger partial charge < -0.3 is 15.4 Å². The third kappa shape index (κ3) is 3.85. The lowest BCUT2D eigenvalue weighted by Crippen LogP contribution is -2.46. The first-order valence-electron chi connectivity index (χ1n) is 7.43. The number of benzene rings is 1. The molecule has 1 aromatic rings. The fourth-order valence-corrected chi connectivity index (χ4v) is 2.62. The lowest BCUT2D eigenvalue weighted by Gasteiger charge is -2.31. The van der Waals surface area contributed by atoms with Crippen LogP contribution in [0.4, 0.5) is 11.4 Å². The van der Waals surface area contributed by atoms with Gasteiger partial charge in [-0.15, -0.1) is 0 Å². The van der Waals surface area contributed by atoms with Crippen LogP contribution in [0, 0.1) is 10.1 Å². The van der Waals surface area contributed by atoms with Crippen molar-refractivity contribution in [1.82, 2.24) is 5.32 Å². The Morgan fingerprint density at radius 1 is 1.48 bits per heavy atom. The van der Waals surface area contributed by atoms with E-state index < -0.39 is 0 Å². The second-order valence-corrected chi connectivity index (χ2v) is 5.71. The van der Waals surface area contributed by atoms with Crippen molar-refractivity contribution in [3.05, 3.63) is 28.3 Å². The summed E-state index contributed by atoms with van der Waals surface area (Å²) in [5, 5.41) is 18.1. The van der Waals surface area contributed by atoms with Gasteiger partial charge in [-0.1, -0.05) is 6.07 Å². The van der Waals surface area contributed by atoms with Gasteiger partial charge >= 0.3 is 5.69 Å².